The van der Waals surface area contributed by atoms with E-state index < -0.39 is 0 Å². The molecule has 0 saturated heterocycles. The molecule has 0 aliphatic carbocycles. The molecule has 19 heavy (non-hydrogen) atoms. The van der Waals surface area contributed by atoms with Crippen molar-refractivity contribution in [2.75, 3.05) is 5.73 Å². The Labute approximate surface area is 118 Å². The fourth-order valence-electron chi connectivity index (χ4n) is 1.50. The highest BCUT2D eigenvalue weighted by atomic mass is 79.9. The molecule has 0 radical (unpaired) electrons. The lowest BCUT2D eigenvalue weighted by atomic mass is 10.2. The van der Waals surface area contributed by atoms with Gasteiger partial charge in [0, 0.05) is 4.47 Å². The van der Waals surface area contributed by atoms with Gasteiger partial charge < -0.3 is 10.5 Å². The number of halogens is 1. The number of nitrogen functional groups attached to an aromatic ring is 1. The summed E-state index contributed by atoms with van der Waals surface area (Å²) in [5.41, 5.74) is 7.02. The Kier molecular flexibility index (Phi) is 3.70. The van der Waals surface area contributed by atoms with Gasteiger partial charge in [0.2, 0.25) is 0 Å². The summed E-state index contributed by atoms with van der Waals surface area (Å²) in [6.07, 6.45) is 0. The normalized spacial score (nSPS) is 9.42. The summed E-state index contributed by atoms with van der Waals surface area (Å²) in [7, 11) is 0. The molecule has 0 atom stereocenters. The van der Waals surface area contributed by atoms with Crippen LogP contribution in [0.15, 0.2) is 40.9 Å². The van der Waals surface area contributed by atoms with Gasteiger partial charge in [-0.15, -0.1) is 0 Å². The quantitative estimate of drug-likeness (QED) is 0.859. The molecule has 0 aliphatic heterocycles. The van der Waals surface area contributed by atoms with Gasteiger partial charge in [0.05, 0.1) is 22.9 Å². The number of hydrogen-bond donors (Lipinski definition) is 1. The van der Waals surface area contributed by atoms with Crippen LogP contribution in [0.5, 0.6) is 11.5 Å². The van der Waals surface area contributed by atoms with Crippen LogP contribution in [-0.2, 0) is 0 Å². The Morgan fingerprint density at radius 2 is 1.79 bits per heavy atom. The molecule has 0 unspecified atom stereocenters. The van der Waals surface area contributed by atoms with E-state index in [0.717, 1.165) is 4.47 Å². The molecule has 0 heterocycles. The number of anilines is 1. The van der Waals surface area contributed by atoms with E-state index in [1.165, 1.54) is 6.07 Å². The molecule has 0 saturated carbocycles. The second kappa shape index (κ2) is 5.43. The van der Waals surface area contributed by atoms with Crippen molar-refractivity contribution < 1.29 is 4.74 Å². The van der Waals surface area contributed by atoms with E-state index in [9.17, 15) is 0 Å². The summed E-state index contributed by atoms with van der Waals surface area (Å²) in [6, 6.07) is 13.9. The van der Waals surface area contributed by atoms with Gasteiger partial charge in [-0.3, -0.25) is 0 Å². The maximum Gasteiger partial charge on any atom is 0.150 e. The van der Waals surface area contributed by atoms with Crippen molar-refractivity contribution in [3.05, 3.63) is 52.0 Å². The van der Waals surface area contributed by atoms with Crippen LogP contribution in [0.4, 0.5) is 5.69 Å². The number of nitrogens with zero attached hydrogens (tertiary/aromatic N) is 2. The first-order valence-electron chi connectivity index (χ1n) is 5.31. The molecule has 2 aromatic carbocycles. The Bertz CT molecular complexity index is 714. The molecule has 2 N–H and O–H groups in total. The minimum atomic E-state index is 0.350. The van der Waals surface area contributed by atoms with Crippen LogP contribution < -0.4 is 10.5 Å². The predicted octanol–water partition coefficient (Wildman–Crippen LogP) is 3.57. The average molecular weight is 314 g/mol. The van der Waals surface area contributed by atoms with Crippen molar-refractivity contribution in [2.24, 2.45) is 0 Å². The molecule has 2 rings (SSSR count). The smallest absolute Gasteiger partial charge is 0.150 e. The van der Waals surface area contributed by atoms with E-state index in [1.54, 1.807) is 30.3 Å². The van der Waals surface area contributed by atoms with Crippen LogP contribution >= 0.6 is 15.9 Å². The molecule has 0 aliphatic rings. The third-order valence-electron chi connectivity index (χ3n) is 2.42. The van der Waals surface area contributed by atoms with Crippen molar-refractivity contribution in [1.82, 2.24) is 0 Å². The van der Waals surface area contributed by atoms with Crippen LogP contribution in [0.2, 0.25) is 0 Å². The summed E-state index contributed by atoms with van der Waals surface area (Å²) >= 11 is 3.32. The number of ether oxygens (including phenoxy) is 1. The minimum Gasteiger partial charge on any atom is -0.454 e. The second-order valence-corrected chi connectivity index (χ2v) is 4.63. The van der Waals surface area contributed by atoms with E-state index in [-0.39, 0.29) is 0 Å². The minimum absolute atomic E-state index is 0.350. The molecule has 4 nitrogen and oxygen atoms in total. The van der Waals surface area contributed by atoms with Gasteiger partial charge >= 0.3 is 0 Å². The summed E-state index contributed by atoms with van der Waals surface area (Å²) in [5, 5.41) is 17.8. The molecule has 0 aromatic heterocycles. The first-order chi connectivity index (χ1) is 9.13. The first kappa shape index (κ1) is 12.9. The third-order valence-corrected chi connectivity index (χ3v) is 2.92. The van der Waals surface area contributed by atoms with E-state index in [0.29, 0.717) is 28.3 Å². The Morgan fingerprint density at radius 3 is 2.42 bits per heavy atom. The van der Waals surface area contributed by atoms with Crippen LogP contribution in [0.1, 0.15) is 11.1 Å². The Balaban J connectivity index is 2.40. The highest BCUT2D eigenvalue weighted by Crippen LogP contribution is 2.31. The fourth-order valence-corrected chi connectivity index (χ4v) is 1.84. The zero-order chi connectivity index (χ0) is 13.8. The standard InChI is InChI=1S/C14H8BrN3O/c15-11-3-2-10(8-17)14(6-11)19-13-4-1-9(7-16)5-12(13)18/h1-6H,18H2. The lowest BCUT2D eigenvalue weighted by Gasteiger charge is -2.10. The van der Waals surface area contributed by atoms with Crippen molar-refractivity contribution in [1.29, 1.82) is 10.5 Å². The van der Waals surface area contributed by atoms with E-state index in [1.807, 2.05) is 12.1 Å². The number of nitriles is 2. The summed E-state index contributed by atoms with van der Waals surface area (Å²) in [4.78, 5) is 0. The fraction of sp³-hybridized carbons (Fsp3) is 0. The van der Waals surface area contributed by atoms with Gasteiger partial charge in [0.25, 0.3) is 0 Å². The van der Waals surface area contributed by atoms with Gasteiger partial charge in [-0.25, -0.2) is 0 Å². The number of rotatable bonds is 2. The van der Waals surface area contributed by atoms with Gasteiger partial charge in [0.15, 0.2) is 0 Å². The van der Waals surface area contributed by atoms with E-state index >= 15 is 0 Å². The third kappa shape index (κ3) is 2.85. The van der Waals surface area contributed by atoms with Gasteiger partial charge in [-0.2, -0.15) is 10.5 Å². The second-order valence-electron chi connectivity index (χ2n) is 3.72. The Morgan fingerprint density at radius 1 is 1.00 bits per heavy atom. The molecule has 5 heteroatoms. The van der Waals surface area contributed by atoms with Crippen LogP contribution in [-0.4, -0.2) is 0 Å². The lowest BCUT2D eigenvalue weighted by molar-refractivity contribution is 0.483. The zero-order valence-electron chi connectivity index (χ0n) is 9.72. The van der Waals surface area contributed by atoms with Crippen LogP contribution in [0, 0.1) is 22.7 Å². The monoisotopic (exact) mass is 313 g/mol. The molecule has 0 amide bonds. The van der Waals surface area contributed by atoms with Crippen molar-refractivity contribution in [2.45, 2.75) is 0 Å². The van der Waals surface area contributed by atoms with E-state index in [4.69, 9.17) is 21.0 Å². The topological polar surface area (TPSA) is 82.8 Å². The van der Waals surface area contributed by atoms with Gasteiger partial charge in [-0.1, -0.05) is 15.9 Å². The van der Waals surface area contributed by atoms with Gasteiger partial charge in [0.1, 0.15) is 17.6 Å². The number of benzene rings is 2. The Hall–Kier alpha value is -2.50. The summed E-state index contributed by atoms with van der Waals surface area (Å²) < 4.78 is 6.42. The SMILES string of the molecule is N#Cc1ccc(Oc2cc(Br)ccc2C#N)c(N)c1. The predicted molar refractivity (Wildman–Crippen MR) is 74.5 cm³/mol. The largest absolute Gasteiger partial charge is 0.454 e. The van der Waals surface area contributed by atoms with Crippen molar-refractivity contribution in [3.8, 4) is 23.6 Å². The maximum absolute atomic E-state index is 9.02. The van der Waals surface area contributed by atoms with Crippen LogP contribution in [0.25, 0.3) is 0 Å². The molecule has 0 spiro atoms. The van der Waals surface area contributed by atoms with Gasteiger partial charge in [-0.05, 0) is 36.4 Å². The average Bonchev–Trinajstić information content (AvgIpc) is 2.41. The molecule has 92 valence electrons. The highest BCUT2D eigenvalue weighted by Gasteiger charge is 2.08. The number of nitrogens with two attached hydrogens (primary N) is 1. The highest BCUT2D eigenvalue weighted by molar-refractivity contribution is 9.10. The lowest BCUT2D eigenvalue weighted by Crippen LogP contribution is -1.94. The van der Waals surface area contributed by atoms with Crippen LogP contribution in [0.3, 0.4) is 0 Å². The molecule has 0 fully saturated rings. The van der Waals surface area contributed by atoms with Crippen molar-refractivity contribution >= 4 is 21.6 Å². The summed E-state index contributed by atoms with van der Waals surface area (Å²) in [6.45, 7) is 0. The zero-order valence-corrected chi connectivity index (χ0v) is 11.3. The molecular weight excluding hydrogens is 306 g/mol. The number of hydrogen-bond acceptors (Lipinski definition) is 4. The molecule has 0 bridgehead atoms. The van der Waals surface area contributed by atoms with Crippen molar-refractivity contribution in [3.63, 3.8) is 0 Å². The van der Waals surface area contributed by atoms with E-state index in [2.05, 4.69) is 15.9 Å². The maximum atomic E-state index is 9.02. The molecule has 2 aromatic rings. The summed E-state index contributed by atoms with van der Waals surface area (Å²) in [5.74, 6) is 0.821. The molecular formula is C14H8BrN3O. The first-order valence-corrected chi connectivity index (χ1v) is 6.10.